The van der Waals surface area contributed by atoms with E-state index in [9.17, 15) is 18.5 Å². The minimum atomic E-state index is -3.75. The number of nitro groups is 1. The Kier molecular flexibility index (Phi) is 6.80. The lowest BCUT2D eigenvalue weighted by molar-refractivity contribution is -0.384. The van der Waals surface area contributed by atoms with Gasteiger partial charge in [0.1, 0.15) is 5.69 Å². The second kappa shape index (κ2) is 8.97. The molecule has 0 aliphatic carbocycles. The maximum absolute atomic E-state index is 13.1. The first-order valence-corrected chi connectivity index (χ1v) is 11.9. The molecular weight excluding hydrogens is 392 g/mol. The molecule has 2 heterocycles. The lowest BCUT2D eigenvalue weighted by Gasteiger charge is -2.36. The number of sulfonamides is 1. The molecule has 29 heavy (non-hydrogen) atoms. The van der Waals surface area contributed by atoms with Gasteiger partial charge in [0.05, 0.1) is 9.82 Å². The summed E-state index contributed by atoms with van der Waals surface area (Å²) in [6.07, 6.45) is 2.08. The fourth-order valence-electron chi connectivity index (χ4n) is 4.56. The van der Waals surface area contributed by atoms with Crippen LogP contribution in [0.15, 0.2) is 23.1 Å². The van der Waals surface area contributed by atoms with Crippen LogP contribution in [0.1, 0.15) is 33.6 Å². The smallest absolute Gasteiger partial charge is 0.293 e. The predicted molar refractivity (Wildman–Crippen MR) is 114 cm³/mol. The van der Waals surface area contributed by atoms with Gasteiger partial charge < -0.3 is 4.90 Å². The third kappa shape index (κ3) is 4.90. The number of rotatable bonds is 6. The molecule has 1 aromatic carbocycles. The molecule has 0 radical (unpaired) electrons. The van der Waals surface area contributed by atoms with Crippen LogP contribution in [-0.2, 0) is 10.0 Å². The highest BCUT2D eigenvalue weighted by atomic mass is 32.2. The number of hydrogen-bond acceptors (Lipinski definition) is 6. The van der Waals surface area contributed by atoms with Crippen molar-refractivity contribution in [2.45, 2.75) is 38.5 Å². The van der Waals surface area contributed by atoms with Crippen LogP contribution >= 0.6 is 0 Å². The monoisotopic (exact) mass is 424 g/mol. The van der Waals surface area contributed by atoms with Gasteiger partial charge in [-0.1, -0.05) is 20.8 Å². The molecule has 0 spiro atoms. The average molecular weight is 425 g/mol. The number of anilines is 1. The van der Waals surface area contributed by atoms with Crippen molar-refractivity contribution in [1.82, 2.24) is 9.21 Å². The number of hydrogen-bond donors (Lipinski definition) is 0. The molecule has 2 atom stereocenters. The molecule has 2 saturated heterocycles. The van der Waals surface area contributed by atoms with Crippen LogP contribution < -0.4 is 4.90 Å². The third-order valence-corrected chi connectivity index (χ3v) is 7.70. The van der Waals surface area contributed by atoms with E-state index in [0.717, 1.165) is 32.5 Å². The summed E-state index contributed by atoms with van der Waals surface area (Å²) in [6, 6.07) is 4.38. The van der Waals surface area contributed by atoms with Crippen molar-refractivity contribution in [1.29, 1.82) is 0 Å². The van der Waals surface area contributed by atoms with Gasteiger partial charge >= 0.3 is 0 Å². The first-order chi connectivity index (χ1) is 13.7. The molecule has 3 rings (SSSR count). The Morgan fingerprint density at radius 3 is 2.28 bits per heavy atom. The zero-order valence-corrected chi connectivity index (χ0v) is 18.4. The van der Waals surface area contributed by atoms with Gasteiger partial charge in [-0.25, -0.2) is 8.42 Å². The molecule has 0 N–H and O–H groups in total. The second-order valence-corrected chi connectivity index (χ2v) is 10.4. The lowest BCUT2D eigenvalue weighted by Crippen LogP contribution is -2.46. The standard InChI is InChI=1S/C20H32N4O4S/c1-4-7-21-8-10-22(11-9-21)19-6-5-18(13-20(19)24(25)26)29(27,28)23-14-16(2)12-17(3)15-23/h5-6,13,16-17H,4,7-12,14-15H2,1-3H3/t16-,17-/m0/s1. The van der Waals surface area contributed by atoms with Crippen LogP contribution in [0.4, 0.5) is 11.4 Å². The summed E-state index contributed by atoms with van der Waals surface area (Å²) in [6.45, 7) is 11.3. The Morgan fingerprint density at radius 2 is 1.72 bits per heavy atom. The van der Waals surface area contributed by atoms with E-state index >= 15 is 0 Å². The van der Waals surface area contributed by atoms with Crippen LogP contribution in [0.5, 0.6) is 0 Å². The maximum Gasteiger partial charge on any atom is 0.293 e. The molecule has 0 saturated carbocycles. The molecule has 0 unspecified atom stereocenters. The predicted octanol–water partition coefficient (Wildman–Crippen LogP) is 2.79. The fourth-order valence-corrected chi connectivity index (χ4v) is 6.26. The Hall–Kier alpha value is -1.71. The minimum absolute atomic E-state index is 0.0128. The van der Waals surface area contributed by atoms with Gasteiger partial charge in [0.25, 0.3) is 5.69 Å². The molecule has 0 aromatic heterocycles. The quantitative estimate of drug-likeness (QED) is 0.515. The highest BCUT2D eigenvalue weighted by Gasteiger charge is 2.33. The summed E-state index contributed by atoms with van der Waals surface area (Å²) in [4.78, 5) is 15.6. The van der Waals surface area contributed by atoms with E-state index in [4.69, 9.17) is 0 Å². The van der Waals surface area contributed by atoms with Crippen LogP contribution in [0.2, 0.25) is 0 Å². The summed E-state index contributed by atoms with van der Waals surface area (Å²) in [7, 11) is -3.75. The van der Waals surface area contributed by atoms with Crippen LogP contribution in [0.3, 0.4) is 0 Å². The fraction of sp³-hybridized carbons (Fsp3) is 0.700. The molecule has 2 aliphatic heterocycles. The van der Waals surface area contributed by atoms with Crippen molar-refractivity contribution in [2.24, 2.45) is 11.8 Å². The summed E-state index contributed by atoms with van der Waals surface area (Å²) in [5.74, 6) is 0.560. The second-order valence-electron chi connectivity index (χ2n) is 8.50. The van der Waals surface area contributed by atoms with E-state index in [1.807, 2.05) is 18.7 Å². The first-order valence-electron chi connectivity index (χ1n) is 10.5. The van der Waals surface area contributed by atoms with E-state index in [-0.39, 0.29) is 22.4 Å². The minimum Gasteiger partial charge on any atom is -0.363 e. The molecule has 1 aromatic rings. The Balaban J connectivity index is 1.85. The molecule has 2 fully saturated rings. The van der Waals surface area contributed by atoms with Gasteiger partial charge in [-0.3, -0.25) is 15.0 Å². The number of piperazine rings is 1. The summed E-state index contributed by atoms with van der Waals surface area (Å²) in [5.41, 5.74) is 0.374. The Morgan fingerprint density at radius 1 is 1.10 bits per heavy atom. The van der Waals surface area contributed by atoms with E-state index < -0.39 is 14.9 Å². The topological polar surface area (TPSA) is 87.0 Å². The van der Waals surface area contributed by atoms with E-state index in [1.165, 1.54) is 16.4 Å². The highest BCUT2D eigenvalue weighted by Crippen LogP contribution is 2.34. The van der Waals surface area contributed by atoms with Crippen LogP contribution in [0, 0.1) is 22.0 Å². The molecule has 2 aliphatic rings. The zero-order chi connectivity index (χ0) is 21.2. The van der Waals surface area contributed by atoms with Crippen molar-refractivity contribution in [2.75, 3.05) is 50.7 Å². The van der Waals surface area contributed by atoms with E-state index in [1.54, 1.807) is 6.07 Å². The lowest BCUT2D eigenvalue weighted by atomic mass is 9.94. The Bertz CT molecular complexity index is 827. The molecule has 0 bridgehead atoms. The van der Waals surface area contributed by atoms with E-state index in [0.29, 0.717) is 31.9 Å². The third-order valence-electron chi connectivity index (χ3n) is 5.87. The normalized spacial score (nSPS) is 24.6. The van der Waals surface area contributed by atoms with Crippen LogP contribution in [0.25, 0.3) is 0 Å². The number of piperidine rings is 1. The van der Waals surface area contributed by atoms with Gasteiger partial charge in [-0.15, -0.1) is 0 Å². The molecule has 162 valence electrons. The molecular formula is C20H32N4O4S. The van der Waals surface area contributed by atoms with Crippen LogP contribution in [-0.4, -0.2) is 68.4 Å². The molecule has 9 heteroatoms. The summed E-state index contributed by atoms with van der Waals surface area (Å²) >= 11 is 0. The number of nitrogens with zero attached hydrogens (tertiary/aromatic N) is 4. The summed E-state index contributed by atoms with van der Waals surface area (Å²) < 4.78 is 27.8. The summed E-state index contributed by atoms with van der Waals surface area (Å²) in [5, 5.41) is 11.8. The van der Waals surface area contributed by atoms with Crippen molar-refractivity contribution < 1.29 is 13.3 Å². The van der Waals surface area contributed by atoms with Gasteiger partial charge in [0.2, 0.25) is 10.0 Å². The van der Waals surface area contributed by atoms with Gasteiger partial charge in [0, 0.05) is 45.3 Å². The van der Waals surface area contributed by atoms with Crippen molar-refractivity contribution >= 4 is 21.4 Å². The molecule has 8 nitrogen and oxygen atoms in total. The zero-order valence-electron chi connectivity index (χ0n) is 17.6. The van der Waals surface area contributed by atoms with Crippen molar-refractivity contribution in [3.63, 3.8) is 0 Å². The molecule has 0 amide bonds. The van der Waals surface area contributed by atoms with Gasteiger partial charge in [-0.05, 0) is 43.4 Å². The maximum atomic E-state index is 13.1. The first kappa shape index (κ1) is 22.0. The average Bonchev–Trinajstić information content (AvgIpc) is 2.67. The number of nitro benzene ring substituents is 1. The van der Waals surface area contributed by atoms with E-state index in [2.05, 4.69) is 11.8 Å². The number of benzene rings is 1. The SMILES string of the molecule is CCCN1CCN(c2ccc(S(=O)(=O)N3C[C@@H](C)C[C@H](C)C3)cc2[N+](=O)[O-])CC1. The van der Waals surface area contributed by atoms with Gasteiger partial charge in [-0.2, -0.15) is 4.31 Å². The van der Waals surface area contributed by atoms with Crippen molar-refractivity contribution in [3.8, 4) is 0 Å². The highest BCUT2D eigenvalue weighted by molar-refractivity contribution is 7.89. The van der Waals surface area contributed by atoms with Crippen molar-refractivity contribution in [3.05, 3.63) is 28.3 Å². The largest absolute Gasteiger partial charge is 0.363 e. The Labute approximate surface area is 173 Å². The van der Waals surface area contributed by atoms with Gasteiger partial charge in [0.15, 0.2) is 0 Å².